The largest absolute Gasteiger partial charge is 0.411 e. The second-order valence-corrected chi connectivity index (χ2v) is 7.80. The second kappa shape index (κ2) is 8.75. The van der Waals surface area contributed by atoms with Crippen LogP contribution >= 0.6 is 11.6 Å². The monoisotopic (exact) mass is 488 g/mol. The lowest BCUT2D eigenvalue weighted by atomic mass is 9.95. The molecule has 1 atom stereocenters. The summed E-state index contributed by atoms with van der Waals surface area (Å²) >= 11 is 6.19. The molecule has 1 amide bonds. The molecule has 0 saturated carbocycles. The molecule has 0 spiro atoms. The number of halogens is 5. The van der Waals surface area contributed by atoms with Crippen molar-refractivity contribution < 1.29 is 37.0 Å². The smallest absolute Gasteiger partial charge is 0.377 e. The first-order valence-corrected chi connectivity index (χ1v) is 9.71. The van der Waals surface area contributed by atoms with Crippen LogP contribution in [0.15, 0.2) is 18.2 Å². The molecular weight excluding hydrogens is 472 g/mol. The van der Waals surface area contributed by atoms with Gasteiger partial charge < -0.3 is 19.7 Å². The summed E-state index contributed by atoms with van der Waals surface area (Å²) in [4.78, 5) is 25.6. The molecule has 0 bridgehead atoms. The van der Waals surface area contributed by atoms with Crippen molar-refractivity contribution >= 4 is 29.0 Å². The van der Waals surface area contributed by atoms with E-state index >= 15 is 0 Å². The van der Waals surface area contributed by atoms with Crippen molar-refractivity contribution in [2.75, 3.05) is 18.5 Å². The van der Waals surface area contributed by atoms with Crippen molar-refractivity contribution in [3.05, 3.63) is 51.6 Å². The number of ether oxygens (including phenoxy) is 1. The number of hydrogen-bond acceptors (Lipinski definition) is 6. The van der Waals surface area contributed by atoms with E-state index in [1.165, 1.54) is 20.0 Å². The maximum Gasteiger partial charge on any atom is 0.411 e. The van der Waals surface area contributed by atoms with Gasteiger partial charge in [0.1, 0.15) is 17.0 Å². The van der Waals surface area contributed by atoms with Crippen LogP contribution in [0.2, 0.25) is 5.15 Å². The second-order valence-electron chi connectivity index (χ2n) is 7.44. The number of carbonyl (C=O) groups is 2. The first-order chi connectivity index (χ1) is 15.3. The third-order valence-corrected chi connectivity index (χ3v) is 5.71. The number of amides is 1. The number of aliphatic hydroxyl groups is 1. The summed E-state index contributed by atoms with van der Waals surface area (Å²) in [6.07, 6.45) is -7.04. The van der Waals surface area contributed by atoms with Crippen molar-refractivity contribution in [3.8, 4) is 6.07 Å². The molecule has 3 N–H and O–H groups in total. The minimum atomic E-state index is -4.78. The number of aromatic nitrogens is 1. The standard InChI is InChI=1S/C20H17ClF4N4O4/c1-9-13(17(31)27-11-3-4-12(22)10(5-11)6-26)16(21)29(2)14(9)15(30)18(32)28-19(7-33-8-19)20(23,24)25/h3-5,18,28,32H,7-8H2,1-2H3,(H,27,31). The van der Waals surface area contributed by atoms with Crippen LogP contribution in [0, 0.1) is 24.1 Å². The highest BCUT2D eigenvalue weighted by molar-refractivity contribution is 6.34. The molecule has 13 heteroatoms. The Morgan fingerprint density at radius 1 is 1.36 bits per heavy atom. The Morgan fingerprint density at radius 2 is 2.00 bits per heavy atom. The average molecular weight is 489 g/mol. The highest BCUT2D eigenvalue weighted by Crippen LogP contribution is 2.37. The predicted octanol–water partition coefficient (Wildman–Crippen LogP) is 2.67. The molecule has 3 rings (SSSR count). The van der Waals surface area contributed by atoms with Gasteiger partial charge in [0.15, 0.2) is 11.8 Å². The van der Waals surface area contributed by atoms with Crippen molar-refractivity contribution in [1.29, 1.82) is 5.26 Å². The van der Waals surface area contributed by atoms with Gasteiger partial charge in [-0.25, -0.2) is 4.39 Å². The van der Waals surface area contributed by atoms with Crippen LogP contribution in [-0.4, -0.2) is 52.5 Å². The molecule has 2 heterocycles. The number of rotatable bonds is 6. The maximum absolute atomic E-state index is 13.5. The molecule has 1 unspecified atom stereocenters. The van der Waals surface area contributed by atoms with Crippen molar-refractivity contribution in [3.63, 3.8) is 0 Å². The number of ketones is 1. The van der Waals surface area contributed by atoms with Gasteiger partial charge in [0.25, 0.3) is 5.91 Å². The maximum atomic E-state index is 13.5. The zero-order valence-corrected chi connectivity index (χ0v) is 17.9. The number of hydrogen-bond donors (Lipinski definition) is 3. The molecule has 2 aromatic rings. The molecule has 1 aliphatic heterocycles. The fourth-order valence-electron chi connectivity index (χ4n) is 3.38. The van der Waals surface area contributed by atoms with E-state index in [2.05, 4.69) is 10.1 Å². The number of Topliss-reactive ketones (excluding diaryl/α,β-unsaturated/α-hetero) is 1. The van der Waals surface area contributed by atoms with Gasteiger partial charge in [-0.05, 0) is 30.7 Å². The van der Waals surface area contributed by atoms with Gasteiger partial charge in [-0.1, -0.05) is 11.6 Å². The van der Waals surface area contributed by atoms with E-state index in [0.717, 1.165) is 16.7 Å². The molecule has 1 saturated heterocycles. The van der Waals surface area contributed by atoms with Gasteiger partial charge in [-0.3, -0.25) is 14.9 Å². The number of aliphatic hydroxyl groups excluding tert-OH is 1. The fourth-order valence-corrected chi connectivity index (χ4v) is 3.69. The summed E-state index contributed by atoms with van der Waals surface area (Å²) in [6, 6.07) is 4.90. The van der Waals surface area contributed by atoms with Crippen LogP contribution in [-0.2, 0) is 11.8 Å². The third kappa shape index (κ3) is 4.32. The molecule has 1 fully saturated rings. The van der Waals surface area contributed by atoms with Crippen LogP contribution in [0.5, 0.6) is 0 Å². The average Bonchev–Trinajstić information content (AvgIpc) is 2.92. The van der Waals surface area contributed by atoms with E-state index in [1.807, 2.05) is 5.32 Å². The van der Waals surface area contributed by atoms with Crippen LogP contribution in [0.3, 0.4) is 0 Å². The van der Waals surface area contributed by atoms with Crippen LogP contribution in [0.4, 0.5) is 23.2 Å². The van der Waals surface area contributed by atoms with Crippen LogP contribution in [0.1, 0.15) is 32.0 Å². The zero-order chi connectivity index (χ0) is 24.7. The van der Waals surface area contributed by atoms with E-state index in [0.29, 0.717) is 0 Å². The zero-order valence-electron chi connectivity index (χ0n) is 17.2. The Hall–Kier alpha value is -2.98. The van der Waals surface area contributed by atoms with Crippen LogP contribution in [0.25, 0.3) is 0 Å². The van der Waals surface area contributed by atoms with E-state index in [9.17, 15) is 32.3 Å². The van der Waals surface area contributed by atoms with E-state index in [-0.39, 0.29) is 33.2 Å². The summed E-state index contributed by atoms with van der Waals surface area (Å²) < 4.78 is 59.1. The minimum absolute atomic E-state index is 0.000568. The number of nitrogens with zero attached hydrogens (tertiary/aromatic N) is 2. The number of alkyl halides is 3. The minimum Gasteiger partial charge on any atom is -0.377 e. The van der Waals surface area contributed by atoms with Gasteiger partial charge in [0.2, 0.25) is 5.78 Å². The Bertz CT molecular complexity index is 1170. The molecule has 33 heavy (non-hydrogen) atoms. The van der Waals surface area contributed by atoms with Crippen molar-refractivity contribution in [2.24, 2.45) is 7.05 Å². The quantitative estimate of drug-likeness (QED) is 0.327. The predicted molar refractivity (Wildman–Crippen MR) is 107 cm³/mol. The lowest BCUT2D eigenvalue weighted by molar-refractivity contribution is -0.273. The fraction of sp³-hybridized carbons (Fsp3) is 0.350. The number of carbonyl (C=O) groups excluding carboxylic acids is 2. The van der Waals surface area contributed by atoms with Gasteiger partial charge >= 0.3 is 6.18 Å². The lowest BCUT2D eigenvalue weighted by Gasteiger charge is -2.44. The molecule has 8 nitrogen and oxygen atoms in total. The Kier molecular flexibility index (Phi) is 6.54. The highest BCUT2D eigenvalue weighted by atomic mass is 35.5. The number of nitriles is 1. The molecular formula is C20H17ClF4N4O4. The SMILES string of the molecule is Cc1c(C(=O)Nc2ccc(F)c(C#N)c2)c(Cl)n(C)c1C(=O)C(O)NC1(C(F)(F)F)COC1. The lowest BCUT2D eigenvalue weighted by Crippen LogP contribution is -2.72. The molecule has 176 valence electrons. The first kappa shape index (κ1) is 24.7. The molecule has 0 radical (unpaired) electrons. The summed E-state index contributed by atoms with van der Waals surface area (Å²) in [5, 5.41) is 23.2. The van der Waals surface area contributed by atoms with Crippen molar-refractivity contribution in [2.45, 2.75) is 24.9 Å². The highest BCUT2D eigenvalue weighted by Gasteiger charge is 2.61. The Labute approximate surface area is 189 Å². The summed E-state index contributed by atoms with van der Waals surface area (Å²) in [6.45, 7) is -0.217. The molecule has 1 aliphatic rings. The normalized spacial score (nSPS) is 16.0. The van der Waals surface area contributed by atoms with E-state index < -0.39 is 48.7 Å². The molecule has 1 aromatic carbocycles. The van der Waals surface area contributed by atoms with Crippen LogP contribution < -0.4 is 10.6 Å². The number of benzene rings is 1. The summed E-state index contributed by atoms with van der Waals surface area (Å²) in [7, 11) is 1.30. The summed E-state index contributed by atoms with van der Waals surface area (Å²) in [5.41, 5.74) is -3.29. The van der Waals surface area contributed by atoms with Gasteiger partial charge in [0.05, 0.1) is 30.0 Å². The first-order valence-electron chi connectivity index (χ1n) is 9.33. The Morgan fingerprint density at radius 3 is 2.52 bits per heavy atom. The van der Waals surface area contributed by atoms with Gasteiger partial charge in [0, 0.05) is 12.7 Å². The number of nitrogens with one attached hydrogen (secondary N) is 2. The summed E-state index contributed by atoms with van der Waals surface area (Å²) in [5.74, 6) is -2.74. The van der Waals surface area contributed by atoms with Crippen molar-refractivity contribution in [1.82, 2.24) is 9.88 Å². The molecule has 1 aromatic heterocycles. The van der Waals surface area contributed by atoms with E-state index in [4.69, 9.17) is 16.9 Å². The molecule has 0 aliphatic carbocycles. The van der Waals surface area contributed by atoms with E-state index in [1.54, 1.807) is 6.07 Å². The Balaban J connectivity index is 1.88. The topological polar surface area (TPSA) is 116 Å². The van der Waals surface area contributed by atoms with Gasteiger partial charge in [-0.2, -0.15) is 18.4 Å². The third-order valence-electron chi connectivity index (χ3n) is 5.27. The van der Waals surface area contributed by atoms with Gasteiger partial charge in [-0.15, -0.1) is 0 Å². The number of anilines is 1.